The summed E-state index contributed by atoms with van der Waals surface area (Å²) in [5, 5.41) is 8.99. The summed E-state index contributed by atoms with van der Waals surface area (Å²) in [6.45, 7) is 5.46. The Balaban J connectivity index is 1.36. The standard InChI is InChI=1S/C27H31N5O/c1-3-32-25-16-21-11-14-31(27(33)20-9-7-19(17-28)8-10-20)18-22(21)15-24(25)29-26(32)12-13-30(2)23-5-4-6-23/h7-10,15-16,23H,3-6,11-14,18H2,1-2H3. The zero-order chi connectivity index (χ0) is 22.9. The van der Waals surface area contributed by atoms with Gasteiger partial charge in [0.15, 0.2) is 0 Å². The Morgan fingerprint density at radius 2 is 2.00 bits per heavy atom. The number of aromatic nitrogens is 2. The zero-order valence-corrected chi connectivity index (χ0v) is 19.5. The second-order valence-corrected chi connectivity index (χ2v) is 9.36. The quantitative estimate of drug-likeness (QED) is 0.576. The van der Waals surface area contributed by atoms with Gasteiger partial charge in [-0.15, -0.1) is 0 Å². The number of benzene rings is 2. The molecule has 0 bridgehead atoms. The molecule has 3 aromatic rings. The first kappa shape index (κ1) is 21.7. The number of carbonyl (C=O) groups excluding carboxylic acids is 1. The summed E-state index contributed by atoms with van der Waals surface area (Å²) < 4.78 is 2.36. The third kappa shape index (κ3) is 4.14. The summed E-state index contributed by atoms with van der Waals surface area (Å²) in [7, 11) is 2.24. The molecule has 0 saturated heterocycles. The number of rotatable bonds is 6. The van der Waals surface area contributed by atoms with E-state index in [9.17, 15) is 4.79 Å². The summed E-state index contributed by atoms with van der Waals surface area (Å²) in [5.41, 5.74) is 5.95. The maximum atomic E-state index is 13.0. The molecule has 0 spiro atoms. The molecule has 33 heavy (non-hydrogen) atoms. The lowest BCUT2D eigenvalue weighted by Crippen LogP contribution is -2.38. The molecule has 0 radical (unpaired) electrons. The fraction of sp³-hybridized carbons (Fsp3) is 0.444. The third-order valence-corrected chi connectivity index (χ3v) is 7.41. The van der Waals surface area contributed by atoms with Gasteiger partial charge >= 0.3 is 0 Å². The molecule has 0 N–H and O–H groups in total. The van der Waals surface area contributed by atoms with Crippen molar-refractivity contribution < 1.29 is 4.79 Å². The lowest BCUT2D eigenvalue weighted by Gasteiger charge is -2.34. The number of nitrogens with zero attached hydrogens (tertiary/aromatic N) is 5. The van der Waals surface area contributed by atoms with Gasteiger partial charge in [-0.2, -0.15) is 5.26 Å². The van der Waals surface area contributed by atoms with Gasteiger partial charge in [-0.1, -0.05) is 6.42 Å². The Bertz CT molecular complexity index is 1220. The Kier molecular flexibility index (Phi) is 5.90. The highest BCUT2D eigenvalue weighted by Crippen LogP contribution is 2.28. The summed E-state index contributed by atoms with van der Waals surface area (Å²) in [6, 6.07) is 14.2. The number of likely N-dealkylation sites (N-methyl/N-ethyl adjacent to an activating group) is 1. The van der Waals surface area contributed by atoms with Crippen molar-refractivity contribution in [2.45, 2.75) is 58.2 Å². The molecule has 2 aromatic carbocycles. The fourth-order valence-corrected chi connectivity index (χ4v) is 5.10. The van der Waals surface area contributed by atoms with E-state index in [0.29, 0.717) is 24.2 Å². The van der Waals surface area contributed by atoms with Crippen LogP contribution in [0.2, 0.25) is 0 Å². The van der Waals surface area contributed by atoms with Gasteiger partial charge in [0.25, 0.3) is 5.91 Å². The minimum absolute atomic E-state index is 0.0176. The third-order valence-electron chi connectivity index (χ3n) is 7.41. The number of carbonyl (C=O) groups is 1. The molecule has 6 heteroatoms. The van der Waals surface area contributed by atoms with Crippen LogP contribution in [0.5, 0.6) is 0 Å². The first-order valence-electron chi connectivity index (χ1n) is 12.1. The van der Waals surface area contributed by atoms with Crippen molar-refractivity contribution in [1.82, 2.24) is 19.4 Å². The number of aryl methyl sites for hydroxylation is 1. The van der Waals surface area contributed by atoms with Gasteiger partial charge in [0.1, 0.15) is 5.82 Å². The van der Waals surface area contributed by atoms with Crippen molar-refractivity contribution in [1.29, 1.82) is 5.26 Å². The van der Waals surface area contributed by atoms with Gasteiger partial charge in [-0.05, 0) is 80.8 Å². The largest absolute Gasteiger partial charge is 0.334 e. The topological polar surface area (TPSA) is 65.2 Å². The van der Waals surface area contributed by atoms with Crippen molar-refractivity contribution in [3.8, 4) is 6.07 Å². The van der Waals surface area contributed by atoms with E-state index in [1.165, 1.54) is 35.9 Å². The van der Waals surface area contributed by atoms with Crippen LogP contribution < -0.4 is 0 Å². The number of amides is 1. The maximum Gasteiger partial charge on any atom is 0.254 e. The highest BCUT2D eigenvalue weighted by atomic mass is 16.2. The molecule has 0 atom stereocenters. The number of hydrogen-bond donors (Lipinski definition) is 0. The monoisotopic (exact) mass is 441 g/mol. The molecule has 2 aliphatic rings. The predicted octanol–water partition coefficient (Wildman–Crippen LogP) is 4.15. The molecule has 1 fully saturated rings. The van der Waals surface area contributed by atoms with Crippen LogP contribution in [0.1, 0.15) is 59.1 Å². The Morgan fingerprint density at radius 1 is 1.21 bits per heavy atom. The second kappa shape index (κ2) is 8.99. The highest BCUT2D eigenvalue weighted by Gasteiger charge is 2.25. The zero-order valence-electron chi connectivity index (χ0n) is 19.5. The molecule has 5 rings (SSSR count). The molecule has 1 aliphatic carbocycles. The van der Waals surface area contributed by atoms with Crippen LogP contribution in [-0.2, 0) is 25.9 Å². The second-order valence-electron chi connectivity index (χ2n) is 9.36. The maximum absolute atomic E-state index is 13.0. The van der Waals surface area contributed by atoms with E-state index >= 15 is 0 Å². The summed E-state index contributed by atoms with van der Waals surface area (Å²) in [6.07, 6.45) is 5.82. The molecule has 1 amide bonds. The lowest BCUT2D eigenvalue weighted by molar-refractivity contribution is 0.0735. The van der Waals surface area contributed by atoms with Crippen molar-refractivity contribution in [3.63, 3.8) is 0 Å². The van der Waals surface area contributed by atoms with Crippen LogP contribution in [0.4, 0.5) is 0 Å². The van der Waals surface area contributed by atoms with Gasteiger partial charge in [-0.3, -0.25) is 4.79 Å². The van der Waals surface area contributed by atoms with Crippen LogP contribution in [0.15, 0.2) is 36.4 Å². The number of fused-ring (bicyclic) bond motifs is 2. The summed E-state index contributed by atoms with van der Waals surface area (Å²) >= 11 is 0. The minimum Gasteiger partial charge on any atom is -0.334 e. The van der Waals surface area contributed by atoms with Crippen molar-refractivity contribution in [2.24, 2.45) is 0 Å². The van der Waals surface area contributed by atoms with Crippen molar-refractivity contribution in [3.05, 3.63) is 64.5 Å². The SMILES string of the molecule is CCn1c(CCN(C)C2CCC2)nc2cc3c(cc21)CCN(C(=O)c1ccc(C#N)cc1)C3. The van der Waals surface area contributed by atoms with Gasteiger partial charge in [0.2, 0.25) is 0 Å². The molecular weight excluding hydrogens is 410 g/mol. The predicted molar refractivity (Wildman–Crippen MR) is 129 cm³/mol. The van der Waals surface area contributed by atoms with Crippen LogP contribution in [0.3, 0.4) is 0 Å². The van der Waals surface area contributed by atoms with E-state index in [1.807, 2.05) is 4.90 Å². The molecule has 1 saturated carbocycles. The molecule has 2 heterocycles. The van der Waals surface area contributed by atoms with Crippen molar-refractivity contribution in [2.75, 3.05) is 20.1 Å². The summed E-state index contributed by atoms with van der Waals surface area (Å²) in [5.74, 6) is 1.18. The summed E-state index contributed by atoms with van der Waals surface area (Å²) in [4.78, 5) is 22.4. The van der Waals surface area contributed by atoms with Gasteiger partial charge in [0, 0.05) is 44.2 Å². The fourth-order valence-electron chi connectivity index (χ4n) is 5.10. The van der Waals surface area contributed by atoms with E-state index < -0.39 is 0 Å². The minimum atomic E-state index is 0.0176. The Labute approximate surface area is 195 Å². The number of hydrogen-bond acceptors (Lipinski definition) is 4. The number of imidazole rings is 1. The van der Waals surface area contributed by atoms with Crippen LogP contribution in [-0.4, -0.2) is 51.4 Å². The van der Waals surface area contributed by atoms with Crippen LogP contribution >= 0.6 is 0 Å². The molecular formula is C27H31N5O. The van der Waals surface area contributed by atoms with E-state index in [1.54, 1.807) is 24.3 Å². The van der Waals surface area contributed by atoms with E-state index in [0.717, 1.165) is 43.3 Å². The lowest BCUT2D eigenvalue weighted by atomic mass is 9.92. The Morgan fingerprint density at radius 3 is 2.67 bits per heavy atom. The molecule has 1 aliphatic heterocycles. The van der Waals surface area contributed by atoms with E-state index in [4.69, 9.17) is 10.2 Å². The van der Waals surface area contributed by atoms with Crippen LogP contribution in [0.25, 0.3) is 11.0 Å². The van der Waals surface area contributed by atoms with Crippen LogP contribution in [0, 0.1) is 11.3 Å². The molecule has 170 valence electrons. The first-order chi connectivity index (χ1) is 16.1. The molecule has 0 unspecified atom stereocenters. The van der Waals surface area contributed by atoms with Gasteiger partial charge in [-0.25, -0.2) is 4.98 Å². The normalized spacial score (nSPS) is 16.0. The number of nitriles is 1. The average molecular weight is 442 g/mol. The molecule has 1 aromatic heterocycles. The van der Waals surface area contributed by atoms with Gasteiger partial charge < -0.3 is 14.4 Å². The average Bonchev–Trinajstić information content (AvgIpc) is 3.15. The van der Waals surface area contributed by atoms with Gasteiger partial charge in [0.05, 0.1) is 22.7 Å². The van der Waals surface area contributed by atoms with E-state index in [2.05, 4.69) is 41.6 Å². The first-order valence-corrected chi connectivity index (χ1v) is 12.1. The highest BCUT2D eigenvalue weighted by molar-refractivity contribution is 5.94. The Hall–Kier alpha value is -3.17. The smallest absolute Gasteiger partial charge is 0.254 e. The molecule has 6 nitrogen and oxygen atoms in total. The van der Waals surface area contributed by atoms with Crippen molar-refractivity contribution >= 4 is 16.9 Å². The van der Waals surface area contributed by atoms with E-state index in [-0.39, 0.29) is 5.91 Å².